The Hall–Kier alpha value is -6.91. The van der Waals surface area contributed by atoms with Gasteiger partial charge in [-0.3, -0.25) is 0 Å². The molecule has 0 radical (unpaired) electrons. The summed E-state index contributed by atoms with van der Waals surface area (Å²) in [6.45, 7) is 0. The summed E-state index contributed by atoms with van der Waals surface area (Å²) in [6.07, 6.45) is 0. The minimum absolute atomic E-state index is 0.598. The Morgan fingerprint density at radius 3 is 1.78 bits per heavy atom. The molecule has 240 valence electrons. The molecular weight excluding hydrogens is 625 g/mol. The molecule has 2 heterocycles. The summed E-state index contributed by atoms with van der Waals surface area (Å²) in [5.41, 5.74) is 11.7. The molecule has 8 aromatic carbocycles. The molecule has 51 heavy (non-hydrogen) atoms. The molecule has 0 fully saturated rings. The monoisotopic (exact) mass is 654 g/mol. The van der Waals surface area contributed by atoms with Crippen LogP contribution in [0.1, 0.15) is 0 Å². The van der Waals surface area contributed by atoms with Gasteiger partial charge < -0.3 is 13.7 Å². The molecule has 0 unspecified atom stereocenters. The third-order valence-electron chi connectivity index (χ3n) is 9.71. The van der Waals surface area contributed by atoms with Gasteiger partial charge in [-0.1, -0.05) is 127 Å². The van der Waals surface area contributed by atoms with Crippen molar-refractivity contribution < 1.29 is 8.83 Å². The number of furan rings is 1. The van der Waals surface area contributed by atoms with E-state index in [1.54, 1.807) is 0 Å². The second-order valence-corrected chi connectivity index (χ2v) is 12.8. The molecule has 0 spiro atoms. The number of nitrogens with zero attached hydrogens (tertiary/aromatic N) is 2. The van der Waals surface area contributed by atoms with E-state index in [4.69, 9.17) is 13.8 Å². The van der Waals surface area contributed by atoms with Gasteiger partial charge in [0.2, 0.25) is 5.89 Å². The van der Waals surface area contributed by atoms with E-state index in [-0.39, 0.29) is 0 Å². The van der Waals surface area contributed by atoms with Crippen LogP contribution in [0, 0.1) is 0 Å². The van der Waals surface area contributed by atoms with E-state index in [2.05, 4.69) is 144 Å². The van der Waals surface area contributed by atoms with Gasteiger partial charge in [-0.25, -0.2) is 4.98 Å². The molecule has 0 saturated heterocycles. The molecule has 0 amide bonds. The topological polar surface area (TPSA) is 42.4 Å². The van der Waals surface area contributed by atoms with Crippen LogP contribution in [0.15, 0.2) is 191 Å². The summed E-state index contributed by atoms with van der Waals surface area (Å²) in [6, 6.07) is 63.4. The zero-order valence-corrected chi connectivity index (χ0v) is 27.5. The molecule has 4 heteroatoms. The SMILES string of the molecule is c1ccc(-c2ccc(N(c3ccc(-c4cccc5ccccc45)cc3)c3cccc4c3oc3cc5nc(-c6ccccc6)oc5cc34)cc2)cc1. The second kappa shape index (κ2) is 11.9. The van der Waals surface area contributed by atoms with Crippen molar-refractivity contribution in [3.63, 3.8) is 0 Å². The van der Waals surface area contributed by atoms with Gasteiger partial charge in [-0.2, -0.15) is 0 Å². The van der Waals surface area contributed by atoms with Crippen LogP contribution < -0.4 is 4.90 Å². The first-order valence-corrected chi connectivity index (χ1v) is 17.1. The summed E-state index contributed by atoms with van der Waals surface area (Å²) in [5.74, 6) is 0.598. The molecule has 4 nitrogen and oxygen atoms in total. The average Bonchev–Trinajstić information content (AvgIpc) is 3.79. The zero-order chi connectivity index (χ0) is 33.7. The van der Waals surface area contributed by atoms with Crippen molar-refractivity contribution in [1.82, 2.24) is 4.98 Å². The van der Waals surface area contributed by atoms with Crippen molar-refractivity contribution >= 4 is 60.9 Å². The van der Waals surface area contributed by atoms with Gasteiger partial charge in [0.1, 0.15) is 11.1 Å². The van der Waals surface area contributed by atoms with Crippen molar-refractivity contribution in [3.8, 4) is 33.7 Å². The molecule has 0 aliphatic heterocycles. The third kappa shape index (κ3) is 5.04. The van der Waals surface area contributed by atoms with E-state index in [0.717, 1.165) is 61.2 Å². The van der Waals surface area contributed by atoms with E-state index < -0.39 is 0 Å². The quantitative estimate of drug-likeness (QED) is 0.179. The normalized spacial score (nSPS) is 11.5. The Morgan fingerprint density at radius 2 is 1.02 bits per heavy atom. The minimum Gasteiger partial charge on any atom is -0.454 e. The highest BCUT2D eigenvalue weighted by Crippen LogP contribution is 2.44. The van der Waals surface area contributed by atoms with Gasteiger partial charge in [-0.15, -0.1) is 0 Å². The highest BCUT2D eigenvalue weighted by molar-refractivity contribution is 6.13. The maximum Gasteiger partial charge on any atom is 0.227 e. The lowest BCUT2D eigenvalue weighted by Crippen LogP contribution is -2.10. The predicted molar refractivity (Wildman–Crippen MR) is 210 cm³/mol. The fourth-order valence-electron chi connectivity index (χ4n) is 7.21. The number of hydrogen-bond donors (Lipinski definition) is 0. The number of benzene rings is 8. The number of anilines is 3. The Morgan fingerprint density at radius 1 is 0.412 bits per heavy atom. The van der Waals surface area contributed by atoms with Crippen LogP contribution in [0.2, 0.25) is 0 Å². The Kier molecular flexibility index (Phi) is 6.78. The number of hydrogen-bond acceptors (Lipinski definition) is 4. The van der Waals surface area contributed by atoms with Gasteiger partial charge in [0, 0.05) is 33.8 Å². The first-order chi connectivity index (χ1) is 25.3. The van der Waals surface area contributed by atoms with Gasteiger partial charge in [0.05, 0.1) is 5.69 Å². The Balaban J connectivity index is 1.12. The fraction of sp³-hybridized carbons (Fsp3) is 0. The first-order valence-electron chi connectivity index (χ1n) is 17.1. The molecular formula is C47H30N2O2. The molecule has 10 aromatic rings. The number of fused-ring (bicyclic) bond motifs is 5. The lowest BCUT2D eigenvalue weighted by Gasteiger charge is -2.26. The largest absolute Gasteiger partial charge is 0.454 e. The zero-order valence-electron chi connectivity index (χ0n) is 27.5. The van der Waals surface area contributed by atoms with E-state index >= 15 is 0 Å². The van der Waals surface area contributed by atoms with Crippen LogP contribution in [-0.4, -0.2) is 4.98 Å². The van der Waals surface area contributed by atoms with E-state index in [0.29, 0.717) is 5.89 Å². The van der Waals surface area contributed by atoms with Crippen LogP contribution in [0.3, 0.4) is 0 Å². The molecule has 2 aromatic heterocycles. The van der Waals surface area contributed by atoms with Gasteiger partial charge in [0.25, 0.3) is 0 Å². The summed E-state index contributed by atoms with van der Waals surface area (Å²) in [7, 11) is 0. The number of oxazole rings is 1. The summed E-state index contributed by atoms with van der Waals surface area (Å²) in [5, 5.41) is 4.47. The lowest BCUT2D eigenvalue weighted by molar-refractivity contribution is 0.620. The van der Waals surface area contributed by atoms with Crippen molar-refractivity contribution in [2.75, 3.05) is 4.90 Å². The lowest BCUT2D eigenvalue weighted by atomic mass is 9.98. The second-order valence-electron chi connectivity index (χ2n) is 12.8. The van der Waals surface area contributed by atoms with Crippen LogP contribution in [-0.2, 0) is 0 Å². The van der Waals surface area contributed by atoms with E-state index in [1.165, 1.54) is 27.5 Å². The Labute approximate surface area is 294 Å². The third-order valence-corrected chi connectivity index (χ3v) is 9.71. The van der Waals surface area contributed by atoms with Crippen molar-refractivity contribution in [3.05, 3.63) is 182 Å². The number of rotatable bonds is 6. The maximum atomic E-state index is 6.74. The standard InChI is InChI=1S/C47H30N2O2/c1-3-11-31(12-4-1)32-21-25-36(26-22-32)49(37-27-23-34(24-28-37)39-18-9-16-33-13-7-8-17-38(33)39)43-20-10-19-40-41-29-45-42(30-44(41)50-46(40)43)48-47(51-45)35-14-5-2-6-15-35/h1-30H. The fourth-order valence-corrected chi connectivity index (χ4v) is 7.21. The van der Waals surface area contributed by atoms with E-state index in [1.807, 2.05) is 42.5 Å². The molecule has 0 atom stereocenters. The molecule has 0 N–H and O–H groups in total. The highest BCUT2D eigenvalue weighted by Gasteiger charge is 2.21. The molecule has 0 bridgehead atoms. The van der Waals surface area contributed by atoms with Crippen LogP contribution in [0.25, 0.3) is 77.5 Å². The van der Waals surface area contributed by atoms with Crippen molar-refractivity contribution in [2.24, 2.45) is 0 Å². The van der Waals surface area contributed by atoms with Gasteiger partial charge >= 0.3 is 0 Å². The first kappa shape index (κ1) is 29.0. The molecule has 10 rings (SSSR count). The van der Waals surface area contributed by atoms with Crippen LogP contribution in [0.4, 0.5) is 17.1 Å². The van der Waals surface area contributed by atoms with Crippen LogP contribution in [0.5, 0.6) is 0 Å². The number of para-hydroxylation sites is 1. The van der Waals surface area contributed by atoms with Crippen molar-refractivity contribution in [2.45, 2.75) is 0 Å². The minimum atomic E-state index is 0.598. The molecule has 0 saturated carbocycles. The maximum absolute atomic E-state index is 6.74. The summed E-state index contributed by atoms with van der Waals surface area (Å²) < 4.78 is 13.0. The molecule has 0 aliphatic carbocycles. The van der Waals surface area contributed by atoms with Gasteiger partial charge in [-0.05, 0) is 81.6 Å². The van der Waals surface area contributed by atoms with Gasteiger partial charge in [0.15, 0.2) is 11.2 Å². The van der Waals surface area contributed by atoms with E-state index in [9.17, 15) is 0 Å². The highest BCUT2D eigenvalue weighted by atomic mass is 16.4. The summed E-state index contributed by atoms with van der Waals surface area (Å²) >= 11 is 0. The average molecular weight is 655 g/mol. The summed E-state index contributed by atoms with van der Waals surface area (Å²) in [4.78, 5) is 7.08. The van der Waals surface area contributed by atoms with Crippen molar-refractivity contribution in [1.29, 1.82) is 0 Å². The Bertz CT molecular complexity index is 2830. The van der Waals surface area contributed by atoms with Crippen LogP contribution >= 0.6 is 0 Å². The number of aromatic nitrogens is 1. The molecule has 0 aliphatic rings. The predicted octanol–water partition coefficient (Wildman–Crippen LogP) is 13.4. The smallest absolute Gasteiger partial charge is 0.227 e.